The molecule has 7 unspecified atom stereocenters. The molecule has 0 saturated heterocycles. The summed E-state index contributed by atoms with van der Waals surface area (Å²) in [4.78, 5) is 11.9. The van der Waals surface area contributed by atoms with Crippen LogP contribution in [0.4, 0.5) is 0 Å². The van der Waals surface area contributed by atoms with E-state index in [-0.39, 0.29) is 11.4 Å². The van der Waals surface area contributed by atoms with Gasteiger partial charge in [0, 0.05) is 11.0 Å². The summed E-state index contributed by atoms with van der Waals surface area (Å²) in [6.45, 7) is 8.41. The molecule has 7 atom stereocenters. The fourth-order valence-electron chi connectivity index (χ4n) is 7.22. The highest BCUT2D eigenvalue weighted by Crippen LogP contribution is 2.72. The Bertz CT molecular complexity index is 496. The van der Waals surface area contributed by atoms with Gasteiger partial charge in [-0.3, -0.25) is 0 Å². The van der Waals surface area contributed by atoms with Gasteiger partial charge in [-0.2, -0.15) is 0 Å². The molecule has 0 amide bonds. The molecule has 0 spiro atoms. The van der Waals surface area contributed by atoms with Crippen molar-refractivity contribution in [3.05, 3.63) is 12.2 Å². The van der Waals surface area contributed by atoms with Gasteiger partial charge < -0.3 is 4.74 Å². The third kappa shape index (κ3) is 1.95. The Balaban J connectivity index is 1.54. The molecule has 22 heavy (non-hydrogen) atoms. The van der Waals surface area contributed by atoms with Gasteiger partial charge in [0.15, 0.2) is 0 Å². The van der Waals surface area contributed by atoms with E-state index >= 15 is 0 Å². The smallest absolute Gasteiger partial charge is 0.333 e. The molecule has 4 rings (SSSR count). The molecule has 4 aliphatic rings. The Labute approximate surface area is 134 Å². The number of carbonyl (C=O) groups excluding carboxylic acids is 1. The predicted molar refractivity (Wildman–Crippen MR) is 87.1 cm³/mol. The van der Waals surface area contributed by atoms with E-state index in [1.54, 1.807) is 6.92 Å². The standard InChI is InChI=1S/C20H30O2/c1-4-7-20(11-22-19(21)12(2)3)10-15-9-16(20)18-14-6-5-13(8-14)17(15)18/h13-18H,2,4-11H2,1,3H3. The fourth-order valence-corrected chi connectivity index (χ4v) is 7.22. The topological polar surface area (TPSA) is 26.3 Å². The zero-order valence-corrected chi connectivity index (χ0v) is 14.1. The van der Waals surface area contributed by atoms with Crippen molar-refractivity contribution in [1.29, 1.82) is 0 Å². The van der Waals surface area contributed by atoms with E-state index in [0.29, 0.717) is 12.2 Å². The molecule has 0 aromatic rings. The Kier molecular flexibility index (Phi) is 3.43. The SMILES string of the molecule is C=C(C)C(=O)OCC1(CCC)CC2CC1C1C3CCC(C3)C21. The largest absolute Gasteiger partial charge is 0.462 e. The number of esters is 1. The summed E-state index contributed by atoms with van der Waals surface area (Å²) >= 11 is 0. The first kappa shape index (κ1) is 14.8. The van der Waals surface area contributed by atoms with Gasteiger partial charge in [-0.25, -0.2) is 4.79 Å². The Morgan fingerprint density at radius 2 is 1.91 bits per heavy atom. The summed E-state index contributed by atoms with van der Waals surface area (Å²) < 4.78 is 5.69. The molecule has 0 N–H and O–H groups in total. The van der Waals surface area contributed by atoms with Crippen LogP contribution >= 0.6 is 0 Å². The van der Waals surface area contributed by atoms with Crippen LogP contribution in [0.15, 0.2) is 12.2 Å². The van der Waals surface area contributed by atoms with Gasteiger partial charge >= 0.3 is 5.97 Å². The molecule has 4 aliphatic carbocycles. The van der Waals surface area contributed by atoms with Crippen molar-refractivity contribution in [2.24, 2.45) is 40.9 Å². The first-order valence-corrected chi connectivity index (χ1v) is 9.38. The van der Waals surface area contributed by atoms with Crippen molar-refractivity contribution in [3.8, 4) is 0 Å². The molecule has 2 nitrogen and oxygen atoms in total. The van der Waals surface area contributed by atoms with Crippen molar-refractivity contribution in [1.82, 2.24) is 0 Å². The molecule has 4 bridgehead atoms. The lowest BCUT2D eigenvalue weighted by Gasteiger charge is -2.46. The molecular weight excluding hydrogens is 272 g/mol. The van der Waals surface area contributed by atoms with Gasteiger partial charge in [-0.05, 0) is 81.0 Å². The van der Waals surface area contributed by atoms with Gasteiger partial charge in [0.2, 0.25) is 0 Å². The second-order valence-electron chi connectivity index (χ2n) is 8.76. The minimum Gasteiger partial charge on any atom is -0.462 e. The first-order chi connectivity index (χ1) is 10.6. The number of ether oxygens (including phenoxy) is 1. The molecule has 4 fully saturated rings. The predicted octanol–water partition coefficient (Wildman–Crippen LogP) is 4.59. The zero-order valence-electron chi connectivity index (χ0n) is 14.1. The Hall–Kier alpha value is -0.790. The molecule has 0 radical (unpaired) electrons. The second kappa shape index (κ2) is 5.11. The molecule has 0 heterocycles. The summed E-state index contributed by atoms with van der Waals surface area (Å²) in [5.74, 6) is 5.61. The van der Waals surface area contributed by atoms with E-state index < -0.39 is 0 Å². The summed E-state index contributed by atoms with van der Waals surface area (Å²) in [5, 5.41) is 0. The fraction of sp³-hybridized carbons (Fsp3) is 0.850. The van der Waals surface area contributed by atoms with E-state index in [2.05, 4.69) is 13.5 Å². The molecule has 0 aromatic carbocycles. The zero-order chi connectivity index (χ0) is 15.5. The van der Waals surface area contributed by atoms with E-state index in [1.165, 1.54) is 44.9 Å². The summed E-state index contributed by atoms with van der Waals surface area (Å²) in [6, 6.07) is 0. The van der Waals surface area contributed by atoms with Crippen LogP contribution in [0.2, 0.25) is 0 Å². The van der Waals surface area contributed by atoms with E-state index in [4.69, 9.17) is 4.74 Å². The maximum Gasteiger partial charge on any atom is 0.333 e. The molecule has 2 heteroatoms. The van der Waals surface area contributed by atoms with Crippen LogP contribution in [0.25, 0.3) is 0 Å². The van der Waals surface area contributed by atoms with Gasteiger partial charge in [0.1, 0.15) is 0 Å². The maximum atomic E-state index is 11.9. The minimum atomic E-state index is -0.192. The first-order valence-electron chi connectivity index (χ1n) is 9.38. The number of fused-ring (bicyclic) bond motifs is 9. The van der Waals surface area contributed by atoms with Gasteiger partial charge in [-0.15, -0.1) is 0 Å². The van der Waals surface area contributed by atoms with Crippen molar-refractivity contribution < 1.29 is 9.53 Å². The lowest BCUT2D eigenvalue weighted by atomic mass is 9.60. The van der Waals surface area contributed by atoms with Crippen LogP contribution in [-0.2, 0) is 9.53 Å². The van der Waals surface area contributed by atoms with E-state index in [9.17, 15) is 4.79 Å². The Morgan fingerprint density at radius 3 is 2.59 bits per heavy atom. The highest BCUT2D eigenvalue weighted by atomic mass is 16.5. The van der Waals surface area contributed by atoms with Crippen LogP contribution in [0.1, 0.15) is 58.8 Å². The number of rotatable bonds is 5. The molecule has 0 aliphatic heterocycles. The normalized spacial score (nSPS) is 47.7. The molecule has 122 valence electrons. The summed E-state index contributed by atoms with van der Waals surface area (Å²) in [6.07, 6.45) is 9.67. The summed E-state index contributed by atoms with van der Waals surface area (Å²) in [7, 11) is 0. The van der Waals surface area contributed by atoms with Crippen molar-refractivity contribution in [3.63, 3.8) is 0 Å². The third-order valence-corrected chi connectivity index (χ3v) is 7.65. The van der Waals surface area contributed by atoms with Gasteiger partial charge in [-0.1, -0.05) is 19.9 Å². The van der Waals surface area contributed by atoms with Crippen LogP contribution in [0.3, 0.4) is 0 Å². The molecular formula is C20H30O2. The lowest BCUT2D eigenvalue weighted by molar-refractivity contribution is -0.145. The van der Waals surface area contributed by atoms with Crippen LogP contribution < -0.4 is 0 Å². The van der Waals surface area contributed by atoms with Crippen LogP contribution in [0, 0.1) is 40.9 Å². The number of hydrogen-bond donors (Lipinski definition) is 0. The van der Waals surface area contributed by atoms with Crippen LogP contribution in [0.5, 0.6) is 0 Å². The van der Waals surface area contributed by atoms with E-state index in [1.807, 2.05) is 0 Å². The van der Waals surface area contributed by atoms with Gasteiger partial charge in [0.05, 0.1) is 6.61 Å². The second-order valence-corrected chi connectivity index (χ2v) is 8.76. The van der Waals surface area contributed by atoms with Crippen molar-refractivity contribution >= 4 is 5.97 Å². The van der Waals surface area contributed by atoms with Crippen LogP contribution in [-0.4, -0.2) is 12.6 Å². The van der Waals surface area contributed by atoms with Crippen molar-refractivity contribution in [2.45, 2.75) is 58.8 Å². The molecule has 0 aromatic heterocycles. The van der Waals surface area contributed by atoms with Crippen molar-refractivity contribution in [2.75, 3.05) is 6.61 Å². The Morgan fingerprint density at radius 1 is 1.18 bits per heavy atom. The van der Waals surface area contributed by atoms with E-state index in [0.717, 1.165) is 35.5 Å². The number of hydrogen-bond acceptors (Lipinski definition) is 2. The highest BCUT2D eigenvalue weighted by Gasteiger charge is 2.66. The lowest BCUT2D eigenvalue weighted by Crippen LogP contribution is -2.43. The van der Waals surface area contributed by atoms with Gasteiger partial charge in [0.25, 0.3) is 0 Å². The highest BCUT2D eigenvalue weighted by molar-refractivity contribution is 5.86. The average Bonchev–Trinajstić information content (AvgIpc) is 3.22. The average molecular weight is 302 g/mol. The monoisotopic (exact) mass is 302 g/mol. The number of carbonyl (C=O) groups is 1. The summed E-state index contributed by atoms with van der Waals surface area (Å²) in [5.41, 5.74) is 0.823. The quantitative estimate of drug-likeness (QED) is 0.421. The third-order valence-electron chi connectivity index (χ3n) is 7.65. The minimum absolute atomic E-state index is 0.192. The maximum absolute atomic E-state index is 11.9. The molecule has 4 saturated carbocycles.